The van der Waals surface area contributed by atoms with Crippen molar-refractivity contribution in [3.63, 3.8) is 0 Å². The van der Waals surface area contributed by atoms with Crippen molar-refractivity contribution in [3.05, 3.63) is 89.5 Å². The molecule has 0 saturated heterocycles. The van der Waals surface area contributed by atoms with Crippen molar-refractivity contribution in [1.29, 1.82) is 0 Å². The summed E-state index contributed by atoms with van der Waals surface area (Å²) in [6, 6.07) is 22.8. The fraction of sp³-hybridized carbons (Fsp3) is 0.240. The highest BCUT2D eigenvalue weighted by atomic mass is 31.2. The molecule has 5 nitrogen and oxygen atoms in total. The van der Waals surface area contributed by atoms with E-state index in [0.717, 1.165) is 22.0 Å². The minimum absolute atomic E-state index is 0.0201. The third-order valence-corrected chi connectivity index (χ3v) is 7.28. The van der Waals surface area contributed by atoms with Crippen molar-refractivity contribution in [3.8, 4) is 11.1 Å². The molecule has 4 rings (SSSR count). The molecule has 1 aliphatic rings. The minimum Gasteiger partial charge on any atom is -0.449 e. The lowest BCUT2D eigenvalue weighted by Crippen LogP contribution is -2.32. The summed E-state index contributed by atoms with van der Waals surface area (Å²) in [6.45, 7) is 3.37. The maximum atomic E-state index is 12.5. The van der Waals surface area contributed by atoms with E-state index in [1.807, 2.05) is 24.3 Å². The predicted molar refractivity (Wildman–Crippen MR) is 124 cm³/mol. The zero-order valence-corrected chi connectivity index (χ0v) is 18.5. The molecule has 31 heavy (non-hydrogen) atoms. The van der Waals surface area contributed by atoms with Gasteiger partial charge in [0.1, 0.15) is 13.7 Å². The number of carbonyl (C=O) groups is 1. The Balaban J connectivity index is 1.44. The first kappa shape index (κ1) is 21.4. The van der Waals surface area contributed by atoms with Gasteiger partial charge in [-0.05, 0) is 41.1 Å². The maximum Gasteiger partial charge on any atom is 0.407 e. The van der Waals surface area contributed by atoms with Gasteiger partial charge in [-0.25, -0.2) is 4.79 Å². The quantitative estimate of drug-likeness (QED) is 0.559. The summed E-state index contributed by atoms with van der Waals surface area (Å²) in [5, 5.41) is 13.3. The van der Waals surface area contributed by atoms with Crippen LogP contribution in [0.1, 0.15) is 28.7 Å². The Morgan fingerprint density at radius 3 is 2.03 bits per heavy atom. The first-order valence-electron chi connectivity index (χ1n) is 10.3. The van der Waals surface area contributed by atoms with Gasteiger partial charge in [-0.2, -0.15) is 0 Å². The van der Waals surface area contributed by atoms with Crippen LogP contribution < -0.4 is 10.6 Å². The molecule has 1 aliphatic carbocycles. The number of hydrogen-bond donors (Lipinski definition) is 2. The average Bonchev–Trinajstić information content (AvgIpc) is 3.09. The second kappa shape index (κ2) is 8.70. The van der Waals surface area contributed by atoms with Crippen LogP contribution in [0.2, 0.25) is 0 Å². The lowest BCUT2D eigenvalue weighted by atomic mass is 9.98. The Bertz CT molecular complexity index is 1090. The van der Waals surface area contributed by atoms with Gasteiger partial charge >= 0.3 is 6.09 Å². The zero-order chi connectivity index (χ0) is 22.0. The number of amides is 1. The number of rotatable bonds is 6. The summed E-state index contributed by atoms with van der Waals surface area (Å²) in [5.41, 5.74) is 5.37. The topological polar surface area (TPSA) is 75.6 Å². The Morgan fingerprint density at radius 1 is 0.968 bits per heavy atom. The highest BCUT2D eigenvalue weighted by molar-refractivity contribution is 7.70. The van der Waals surface area contributed by atoms with Gasteiger partial charge in [0.25, 0.3) is 0 Å². The molecule has 0 bridgehead atoms. The maximum absolute atomic E-state index is 12.5. The van der Waals surface area contributed by atoms with Gasteiger partial charge in [-0.15, -0.1) is 0 Å². The summed E-state index contributed by atoms with van der Waals surface area (Å²) < 4.78 is 17.8. The van der Waals surface area contributed by atoms with Crippen molar-refractivity contribution in [2.45, 2.75) is 12.0 Å². The van der Waals surface area contributed by atoms with E-state index < -0.39 is 19.3 Å². The number of alkyl carbamates (subject to hydrolysis) is 1. The van der Waals surface area contributed by atoms with Crippen LogP contribution in [0.15, 0.2) is 72.8 Å². The molecule has 0 saturated carbocycles. The molecule has 2 N–H and O–H groups in total. The third kappa shape index (κ3) is 4.43. The van der Waals surface area contributed by atoms with Crippen molar-refractivity contribution < 1.29 is 19.2 Å². The van der Waals surface area contributed by atoms with Gasteiger partial charge < -0.3 is 19.7 Å². The molecule has 1 atom stereocenters. The fourth-order valence-electron chi connectivity index (χ4n) is 4.08. The summed E-state index contributed by atoms with van der Waals surface area (Å²) in [4.78, 5) is 12.5. The SMILES string of the molecule is CP(C)(=O)c1ccc(C(CO)NC(=O)OCC2c3ccccc3-c3ccccc32)cc1. The number of nitrogens with one attached hydrogen (secondary N) is 1. The molecule has 0 aliphatic heterocycles. The molecule has 0 aromatic heterocycles. The van der Waals surface area contributed by atoms with E-state index in [0.29, 0.717) is 0 Å². The fourth-order valence-corrected chi connectivity index (χ4v) is 4.95. The van der Waals surface area contributed by atoms with Crippen molar-refractivity contribution in [2.75, 3.05) is 26.5 Å². The molecule has 1 unspecified atom stereocenters. The minimum atomic E-state index is -2.36. The molecule has 3 aromatic rings. The van der Waals surface area contributed by atoms with E-state index in [-0.39, 0.29) is 19.1 Å². The standard InChI is InChI=1S/C25H26NO4P/c1-31(2,29)18-13-11-17(12-14-18)24(15-27)26-25(28)30-16-23-21-9-5-3-7-19(21)20-8-4-6-10-22(20)23/h3-14,23-24,27H,15-16H2,1-2H3,(H,26,28). The summed E-state index contributed by atoms with van der Waals surface area (Å²) >= 11 is 0. The molecule has 6 heteroatoms. The highest BCUT2D eigenvalue weighted by Crippen LogP contribution is 2.44. The second-order valence-corrected chi connectivity index (χ2v) is 11.4. The number of aliphatic hydroxyl groups is 1. The summed E-state index contributed by atoms with van der Waals surface area (Å²) in [7, 11) is -2.36. The van der Waals surface area contributed by atoms with E-state index in [1.165, 1.54) is 11.1 Å². The second-order valence-electron chi connectivity index (χ2n) is 8.15. The van der Waals surface area contributed by atoms with Gasteiger partial charge in [0, 0.05) is 11.2 Å². The molecule has 0 heterocycles. The monoisotopic (exact) mass is 435 g/mol. The van der Waals surface area contributed by atoms with Crippen LogP contribution in [0.4, 0.5) is 4.79 Å². The highest BCUT2D eigenvalue weighted by Gasteiger charge is 2.29. The van der Waals surface area contributed by atoms with Crippen LogP contribution in [0.25, 0.3) is 11.1 Å². The lowest BCUT2D eigenvalue weighted by Gasteiger charge is -2.19. The van der Waals surface area contributed by atoms with E-state index in [9.17, 15) is 14.5 Å². The number of aliphatic hydroxyl groups excluding tert-OH is 1. The zero-order valence-electron chi connectivity index (χ0n) is 17.6. The largest absolute Gasteiger partial charge is 0.449 e. The Labute approximate surface area is 182 Å². The first-order valence-corrected chi connectivity index (χ1v) is 12.9. The number of carbonyl (C=O) groups excluding carboxylic acids is 1. The Kier molecular flexibility index (Phi) is 5.99. The number of benzene rings is 3. The Morgan fingerprint density at radius 2 is 1.52 bits per heavy atom. The molecule has 0 fully saturated rings. The molecule has 1 amide bonds. The van der Waals surface area contributed by atoms with Gasteiger partial charge in [-0.3, -0.25) is 0 Å². The van der Waals surface area contributed by atoms with E-state index in [1.54, 1.807) is 37.6 Å². The van der Waals surface area contributed by atoms with Crippen LogP contribution in [-0.4, -0.2) is 37.7 Å². The van der Waals surface area contributed by atoms with Gasteiger partial charge in [0.2, 0.25) is 0 Å². The average molecular weight is 435 g/mol. The number of hydrogen-bond acceptors (Lipinski definition) is 4. The van der Waals surface area contributed by atoms with Crippen molar-refractivity contribution in [1.82, 2.24) is 5.32 Å². The van der Waals surface area contributed by atoms with Gasteiger partial charge in [0.15, 0.2) is 0 Å². The normalized spacial score (nSPS) is 13.9. The third-order valence-electron chi connectivity index (χ3n) is 5.74. The molecular weight excluding hydrogens is 409 g/mol. The van der Waals surface area contributed by atoms with Crippen LogP contribution in [0, 0.1) is 0 Å². The van der Waals surface area contributed by atoms with Crippen LogP contribution in [0.3, 0.4) is 0 Å². The van der Waals surface area contributed by atoms with Crippen molar-refractivity contribution >= 4 is 18.5 Å². The van der Waals surface area contributed by atoms with Crippen LogP contribution in [0.5, 0.6) is 0 Å². The van der Waals surface area contributed by atoms with Crippen LogP contribution in [-0.2, 0) is 9.30 Å². The number of ether oxygens (including phenoxy) is 1. The smallest absolute Gasteiger partial charge is 0.407 e. The van der Waals surface area contributed by atoms with E-state index in [4.69, 9.17) is 4.74 Å². The molecular formula is C25H26NO4P. The molecule has 0 radical (unpaired) electrons. The first-order chi connectivity index (χ1) is 14.9. The lowest BCUT2D eigenvalue weighted by molar-refractivity contribution is 0.132. The Hall–Kier alpha value is -2.88. The predicted octanol–water partition coefficient (Wildman–Crippen LogP) is 4.51. The summed E-state index contributed by atoms with van der Waals surface area (Å²) in [6.07, 6.45) is -0.582. The van der Waals surface area contributed by atoms with Crippen molar-refractivity contribution in [2.24, 2.45) is 0 Å². The number of fused-ring (bicyclic) bond motifs is 3. The van der Waals surface area contributed by atoms with Gasteiger partial charge in [0.05, 0.1) is 12.6 Å². The molecule has 160 valence electrons. The molecule has 3 aromatic carbocycles. The van der Waals surface area contributed by atoms with Crippen LogP contribution >= 0.6 is 7.14 Å². The van der Waals surface area contributed by atoms with E-state index in [2.05, 4.69) is 29.6 Å². The summed E-state index contributed by atoms with van der Waals surface area (Å²) in [5.74, 6) is -0.0201. The van der Waals surface area contributed by atoms with Gasteiger partial charge in [-0.1, -0.05) is 72.8 Å². The molecule has 0 spiro atoms. The van der Waals surface area contributed by atoms with E-state index >= 15 is 0 Å².